The smallest absolute Gasteiger partial charge is 0.347 e. The van der Waals surface area contributed by atoms with E-state index in [0.717, 1.165) is 12.8 Å². The lowest BCUT2D eigenvalue weighted by molar-refractivity contribution is -0.155. The first-order valence-corrected chi connectivity index (χ1v) is 7.57. The molecule has 2 rings (SSSR count). The molecule has 23 heavy (non-hydrogen) atoms. The maximum absolute atomic E-state index is 11.9. The van der Waals surface area contributed by atoms with E-state index >= 15 is 0 Å². The molecule has 0 spiro atoms. The van der Waals surface area contributed by atoms with Crippen molar-refractivity contribution in [3.63, 3.8) is 0 Å². The van der Waals surface area contributed by atoms with Crippen LogP contribution in [0.25, 0.3) is 0 Å². The normalized spacial score (nSPS) is 14.5. The summed E-state index contributed by atoms with van der Waals surface area (Å²) in [6.45, 7) is 1.25. The molecule has 0 aliphatic heterocycles. The van der Waals surface area contributed by atoms with Gasteiger partial charge in [-0.25, -0.2) is 9.59 Å². The minimum Gasteiger partial charge on any atom is -0.479 e. The molecule has 124 valence electrons. The Balaban J connectivity index is 1.73. The van der Waals surface area contributed by atoms with Gasteiger partial charge in [-0.05, 0) is 31.4 Å². The maximum atomic E-state index is 11.9. The van der Waals surface area contributed by atoms with Gasteiger partial charge >= 0.3 is 12.0 Å². The number of urea groups is 1. The van der Waals surface area contributed by atoms with Crippen LogP contribution in [-0.2, 0) is 14.3 Å². The van der Waals surface area contributed by atoms with Gasteiger partial charge in [-0.15, -0.1) is 0 Å². The summed E-state index contributed by atoms with van der Waals surface area (Å²) >= 11 is 0. The molecule has 0 heterocycles. The highest BCUT2D eigenvalue weighted by Gasteiger charge is 2.25. The third-order valence-electron chi connectivity index (χ3n) is 3.17. The fraction of sp³-hybridized carbons (Fsp3) is 0.438. The van der Waals surface area contributed by atoms with Crippen molar-refractivity contribution in [2.45, 2.75) is 38.3 Å². The van der Waals surface area contributed by atoms with E-state index in [1.54, 1.807) is 31.2 Å². The Labute approximate surface area is 134 Å². The Morgan fingerprint density at radius 2 is 1.91 bits per heavy atom. The second kappa shape index (κ2) is 8.17. The fourth-order valence-corrected chi connectivity index (χ4v) is 1.80. The monoisotopic (exact) mass is 320 g/mol. The number of para-hydroxylation sites is 1. The number of hydrogen-bond donors (Lipinski definition) is 2. The van der Waals surface area contributed by atoms with Gasteiger partial charge < -0.3 is 14.8 Å². The summed E-state index contributed by atoms with van der Waals surface area (Å²) in [6, 6.07) is 8.45. The van der Waals surface area contributed by atoms with E-state index in [1.807, 2.05) is 6.07 Å². The van der Waals surface area contributed by atoms with E-state index in [0.29, 0.717) is 12.2 Å². The number of ether oxygens (including phenoxy) is 2. The average Bonchev–Trinajstić information content (AvgIpc) is 3.35. The van der Waals surface area contributed by atoms with E-state index in [4.69, 9.17) is 9.47 Å². The molecule has 1 aliphatic rings. The molecule has 1 aromatic carbocycles. The third kappa shape index (κ3) is 5.98. The zero-order chi connectivity index (χ0) is 16.7. The summed E-state index contributed by atoms with van der Waals surface area (Å²) in [4.78, 5) is 34.8. The molecule has 1 atom stereocenters. The van der Waals surface area contributed by atoms with E-state index in [1.165, 1.54) is 0 Å². The molecule has 2 N–H and O–H groups in total. The van der Waals surface area contributed by atoms with Crippen LogP contribution in [0.2, 0.25) is 0 Å². The van der Waals surface area contributed by atoms with Crippen molar-refractivity contribution in [3.05, 3.63) is 30.3 Å². The summed E-state index contributed by atoms with van der Waals surface area (Å²) in [5.74, 6) is -0.773. The van der Waals surface area contributed by atoms with Crippen molar-refractivity contribution < 1.29 is 23.9 Å². The summed E-state index contributed by atoms with van der Waals surface area (Å²) < 4.78 is 10.4. The molecule has 0 bridgehead atoms. The zero-order valence-electron chi connectivity index (χ0n) is 12.9. The van der Waals surface area contributed by atoms with Crippen LogP contribution in [0.4, 0.5) is 4.79 Å². The van der Waals surface area contributed by atoms with Gasteiger partial charge in [0.2, 0.25) is 0 Å². The van der Waals surface area contributed by atoms with Gasteiger partial charge in [0, 0.05) is 6.04 Å². The van der Waals surface area contributed by atoms with Crippen LogP contribution < -0.4 is 15.4 Å². The average molecular weight is 320 g/mol. The van der Waals surface area contributed by atoms with E-state index in [2.05, 4.69) is 10.6 Å². The molecular formula is C16H20N2O5. The zero-order valence-corrected chi connectivity index (χ0v) is 12.9. The lowest BCUT2D eigenvalue weighted by Crippen LogP contribution is -2.43. The lowest BCUT2D eigenvalue weighted by Gasteiger charge is -2.16. The number of carbonyl (C=O) groups is 3. The van der Waals surface area contributed by atoms with Gasteiger partial charge in [0.15, 0.2) is 12.7 Å². The fourth-order valence-electron chi connectivity index (χ4n) is 1.80. The Bertz CT molecular complexity index is 557. The first-order chi connectivity index (χ1) is 11.1. The molecule has 0 radical (unpaired) electrons. The molecule has 1 fully saturated rings. The quantitative estimate of drug-likeness (QED) is 0.740. The standard InChI is InChI=1S/C16H20N2O5/c1-2-13(23-12-6-4-3-5-7-12)15(20)22-10-14(19)18-16(21)17-11-8-9-11/h3-7,11,13H,2,8-10H2,1H3,(H2,17,18,19,21)/t13-/m1/s1. The highest BCUT2D eigenvalue weighted by atomic mass is 16.6. The van der Waals surface area contributed by atoms with Crippen LogP contribution in [0, 0.1) is 0 Å². The first kappa shape index (κ1) is 16.8. The molecule has 1 aromatic rings. The second-order valence-corrected chi connectivity index (χ2v) is 5.23. The van der Waals surface area contributed by atoms with Gasteiger partial charge in [-0.2, -0.15) is 0 Å². The van der Waals surface area contributed by atoms with Crippen LogP contribution in [0.1, 0.15) is 26.2 Å². The predicted molar refractivity (Wildman–Crippen MR) is 81.8 cm³/mol. The topological polar surface area (TPSA) is 93.7 Å². The molecule has 3 amide bonds. The number of carbonyl (C=O) groups excluding carboxylic acids is 3. The predicted octanol–water partition coefficient (Wildman–Crippen LogP) is 1.38. The van der Waals surface area contributed by atoms with Gasteiger partial charge in [-0.3, -0.25) is 10.1 Å². The Kier molecular flexibility index (Phi) is 5.96. The Hall–Kier alpha value is -2.57. The van der Waals surface area contributed by atoms with Crippen LogP contribution in [-0.4, -0.2) is 36.7 Å². The van der Waals surface area contributed by atoms with Crippen molar-refractivity contribution in [2.24, 2.45) is 0 Å². The minimum atomic E-state index is -0.800. The van der Waals surface area contributed by atoms with Crippen molar-refractivity contribution in [3.8, 4) is 5.75 Å². The van der Waals surface area contributed by atoms with Crippen LogP contribution in [0.5, 0.6) is 5.75 Å². The minimum absolute atomic E-state index is 0.147. The summed E-state index contributed by atoms with van der Waals surface area (Å²) in [7, 11) is 0. The molecule has 7 heteroatoms. The summed E-state index contributed by atoms with van der Waals surface area (Å²) in [5, 5.41) is 4.71. The molecule has 0 aromatic heterocycles. The second-order valence-electron chi connectivity index (χ2n) is 5.23. The number of hydrogen-bond acceptors (Lipinski definition) is 5. The molecule has 0 unspecified atom stereocenters. The molecule has 7 nitrogen and oxygen atoms in total. The lowest BCUT2D eigenvalue weighted by atomic mass is 10.2. The summed E-state index contributed by atoms with van der Waals surface area (Å²) in [5.41, 5.74) is 0. The van der Waals surface area contributed by atoms with Gasteiger partial charge in [0.1, 0.15) is 5.75 Å². The SMILES string of the molecule is CC[C@@H](Oc1ccccc1)C(=O)OCC(=O)NC(=O)NC1CC1. The number of rotatable bonds is 7. The number of amides is 3. The Morgan fingerprint density at radius 3 is 2.52 bits per heavy atom. The number of benzene rings is 1. The van der Waals surface area contributed by atoms with Crippen molar-refractivity contribution in [1.82, 2.24) is 10.6 Å². The van der Waals surface area contributed by atoms with Gasteiger partial charge in [-0.1, -0.05) is 25.1 Å². The number of esters is 1. The molecule has 1 aliphatic carbocycles. The molecule has 1 saturated carbocycles. The first-order valence-electron chi connectivity index (χ1n) is 7.57. The van der Waals surface area contributed by atoms with Gasteiger partial charge in [0.05, 0.1) is 0 Å². The van der Waals surface area contributed by atoms with Crippen molar-refractivity contribution in [2.75, 3.05) is 6.61 Å². The van der Waals surface area contributed by atoms with Crippen LogP contribution in [0.15, 0.2) is 30.3 Å². The largest absolute Gasteiger partial charge is 0.479 e. The van der Waals surface area contributed by atoms with Gasteiger partial charge in [0.25, 0.3) is 5.91 Å². The number of imide groups is 1. The van der Waals surface area contributed by atoms with E-state index < -0.39 is 30.6 Å². The summed E-state index contributed by atoms with van der Waals surface area (Å²) in [6.07, 6.45) is 1.44. The van der Waals surface area contributed by atoms with Crippen molar-refractivity contribution >= 4 is 17.9 Å². The molecule has 0 saturated heterocycles. The highest BCUT2D eigenvalue weighted by Crippen LogP contribution is 2.18. The van der Waals surface area contributed by atoms with E-state index in [-0.39, 0.29) is 6.04 Å². The third-order valence-corrected chi connectivity index (χ3v) is 3.17. The van der Waals surface area contributed by atoms with Crippen LogP contribution >= 0.6 is 0 Å². The van der Waals surface area contributed by atoms with Crippen molar-refractivity contribution in [1.29, 1.82) is 0 Å². The highest BCUT2D eigenvalue weighted by molar-refractivity contribution is 5.95. The van der Waals surface area contributed by atoms with Crippen LogP contribution in [0.3, 0.4) is 0 Å². The van der Waals surface area contributed by atoms with E-state index in [9.17, 15) is 14.4 Å². The molecular weight excluding hydrogens is 300 g/mol. The number of nitrogens with one attached hydrogen (secondary N) is 2. The Morgan fingerprint density at radius 1 is 1.22 bits per heavy atom. The maximum Gasteiger partial charge on any atom is 0.347 e.